The lowest BCUT2D eigenvalue weighted by molar-refractivity contribution is -0.386. The maximum absolute atomic E-state index is 12.4. The molecule has 0 aromatic carbocycles. The van der Waals surface area contributed by atoms with Crippen LogP contribution < -0.4 is 10.6 Å². The third-order valence-electron chi connectivity index (χ3n) is 10.7. The van der Waals surface area contributed by atoms with Gasteiger partial charge in [0.05, 0.1) is 33.0 Å². The van der Waals surface area contributed by atoms with E-state index >= 15 is 0 Å². The van der Waals surface area contributed by atoms with Crippen LogP contribution in [0.3, 0.4) is 0 Å². The Morgan fingerprint density at radius 1 is 0.500 bits per heavy atom. The molecule has 5 heterocycles. The molecule has 5 rings (SSSR count). The Morgan fingerprint density at radius 3 is 1.58 bits per heavy atom. The Balaban J connectivity index is 1.41. The molecular formula is C33H56N2O25. The quantitative estimate of drug-likeness (QED) is 0.0770. The number of aliphatic hydroxyl groups is 14. The third kappa shape index (κ3) is 10.7. The first-order chi connectivity index (χ1) is 28.3. The van der Waals surface area contributed by atoms with E-state index in [0.29, 0.717) is 0 Å². The largest absolute Gasteiger partial charge is 0.394 e. The van der Waals surface area contributed by atoms with Crippen LogP contribution in [-0.2, 0) is 52.2 Å². The summed E-state index contributed by atoms with van der Waals surface area (Å²) < 4.78 is 50.9. The average molecular weight is 881 g/mol. The molecule has 0 saturated carbocycles. The fourth-order valence-corrected chi connectivity index (χ4v) is 7.44. The summed E-state index contributed by atoms with van der Waals surface area (Å²) in [5, 5.41) is 152. The Kier molecular flexibility index (Phi) is 17.3. The molecule has 0 spiro atoms. The maximum Gasteiger partial charge on any atom is 0.217 e. The van der Waals surface area contributed by atoms with Gasteiger partial charge in [0.1, 0.15) is 116 Å². The summed E-state index contributed by atoms with van der Waals surface area (Å²) in [6.45, 7) is -1.87. The van der Waals surface area contributed by atoms with E-state index in [0.717, 1.165) is 13.8 Å². The molecule has 60 heavy (non-hydrogen) atoms. The van der Waals surface area contributed by atoms with Crippen LogP contribution in [0.2, 0.25) is 0 Å². The minimum absolute atomic E-state index is 0.569. The molecule has 0 aromatic heterocycles. The number of hydrogen-bond acceptors (Lipinski definition) is 25. The van der Waals surface area contributed by atoms with E-state index in [1.165, 1.54) is 0 Å². The van der Waals surface area contributed by atoms with Crippen LogP contribution >= 0.6 is 0 Å². The van der Waals surface area contributed by atoms with E-state index in [4.69, 9.17) is 42.6 Å². The van der Waals surface area contributed by atoms with Crippen LogP contribution in [-0.4, -0.2) is 264 Å². The molecule has 5 aliphatic rings. The van der Waals surface area contributed by atoms with Crippen molar-refractivity contribution in [1.29, 1.82) is 0 Å². The van der Waals surface area contributed by atoms with Crippen molar-refractivity contribution in [2.75, 3.05) is 33.0 Å². The Hall–Kier alpha value is -1.98. The highest BCUT2D eigenvalue weighted by atomic mass is 16.8. The molecule has 24 atom stereocenters. The van der Waals surface area contributed by atoms with Crippen molar-refractivity contribution in [2.45, 2.75) is 161 Å². The lowest BCUT2D eigenvalue weighted by Gasteiger charge is -2.50. The van der Waals surface area contributed by atoms with E-state index in [9.17, 15) is 81.1 Å². The molecule has 348 valence electrons. The number of nitrogens with one attached hydrogen (secondary N) is 2. The summed E-state index contributed by atoms with van der Waals surface area (Å²) in [4.78, 5) is 24.2. The van der Waals surface area contributed by atoms with Gasteiger partial charge in [-0.25, -0.2) is 0 Å². The second-order valence-corrected chi connectivity index (χ2v) is 15.0. The number of hydrogen-bond donors (Lipinski definition) is 16. The summed E-state index contributed by atoms with van der Waals surface area (Å²) >= 11 is 0. The van der Waals surface area contributed by atoms with Crippen LogP contribution in [0.15, 0.2) is 0 Å². The van der Waals surface area contributed by atoms with Crippen LogP contribution in [0.1, 0.15) is 13.8 Å². The molecule has 5 aliphatic heterocycles. The summed E-state index contributed by atoms with van der Waals surface area (Å²) in [5.74, 6) is -1.47. The van der Waals surface area contributed by atoms with E-state index in [-0.39, 0.29) is 0 Å². The van der Waals surface area contributed by atoms with Gasteiger partial charge in [0.2, 0.25) is 11.8 Å². The van der Waals surface area contributed by atoms with Gasteiger partial charge in [0.15, 0.2) is 31.5 Å². The minimum Gasteiger partial charge on any atom is -0.394 e. The molecule has 5 saturated heterocycles. The highest BCUT2D eigenvalue weighted by Crippen LogP contribution is 2.35. The zero-order valence-electron chi connectivity index (χ0n) is 32.1. The summed E-state index contributed by atoms with van der Waals surface area (Å²) in [6.07, 6.45) is -39.4. The van der Waals surface area contributed by atoms with Crippen molar-refractivity contribution < 1.29 is 124 Å². The van der Waals surface area contributed by atoms with Gasteiger partial charge in [0, 0.05) is 13.8 Å². The van der Waals surface area contributed by atoms with Crippen LogP contribution in [0.5, 0.6) is 0 Å². The van der Waals surface area contributed by atoms with Gasteiger partial charge in [-0.05, 0) is 0 Å². The lowest BCUT2D eigenvalue weighted by atomic mass is 9.94. The number of rotatable bonds is 14. The first-order valence-corrected chi connectivity index (χ1v) is 19.0. The van der Waals surface area contributed by atoms with Crippen LogP contribution in [0, 0.1) is 0 Å². The van der Waals surface area contributed by atoms with Crippen LogP contribution in [0.25, 0.3) is 0 Å². The van der Waals surface area contributed by atoms with E-state index in [1.54, 1.807) is 0 Å². The maximum atomic E-state index is 12.4. The molecule has 0 aliphatic carbocycles. The van der Waals surface area contributed by atoms with Crippen molar-refractivity contribution in [3.63, 3.8) is 0 Å². The first kappa shape index (κ1) is 49.0. The monoisotopic (exact) mass is 880 g/mol. The average Bonchev–Trinajstić information content (AvgIpc) is 3.20. The number of carbonyl (C=O) groups excluding carboxylic acids is 2. The molecular weight excluding hydrogens is 824 g/mol. The van der Waals surface area contributed by atoms with Crippen LogP contribution in [0.4, 0.5) is 0 Å². The lowest BCUT2D eigenvalue weighted by Crippen LogP contribution is -2.70. The first-order valence-electron chi connectivity index (χ1n) is 19.0. The minimum atomic E-state index is -2.08. The SMILES string of the molecule is CC(=O)N[C@H]1[C@H](O[C@H]2[C@H](O)[C@@H](NC(C)=O)C(O)O[C@@H]2CO)O[C@H](CO)[C@@H](O[C@@H]2O[C@H](CO[C@H]3O[C@H](CO)[C@@H](O)[C@H](O)[C@@H]3O)[C@@H](O)[C@H](O)[C@@H]2O[C@@H]2OC[C@@H](O)[C@H](O)[C@H]2O)[C@@H]1O. The molecule has 2 amide bonds. The molecule has 27 heteroatoms. The zero-order chi connectivity index (χ0) is 44.3. The second kappa shape index (κ2) is 21.1. The molecule has 5 fully saturated rings. The Labute approximate surface area is 340 Å². The van der Waals surface area contributed by atoms with E-state index in [2.05, 4.69) is 10.6 Å². The number of carbonyl (C=O) groups is 2. The van der Waals surface area contributed by atoms with Crippen molar-refractivity contribution in [2.24, 2.45) is 0 Å². The van der Waals surface area contributed by atoms with Gasteiger partial charge in [0.25, 0.3) is 0 Å². The molecule has 1 unspecified atom stereocenters. The predicted octanol–water partition coefficient (Wildman–Crippen LogP) is -11.0. The topological polar surface area (TPSA) is 424 Å². The number of amides is 2. The molecule has 0 bridgehead atoms. The van der Waals surface area contributed by atoms with Gasteiger partial charge < -0.3 is 125 Å². The van der Waals surface area contributed by atoms with Gasteiger partial charge in [-0.2, -0.15) is 0 Å². The summed E-state index contributed by atoms with van der Waals surface area (Å²) in [5.41, 5.74) is 0. The Morgan fingerprint density at radius 2 is 0.983 bits per heavy atom. The zero-order valence-corrected chi connectivity index (χ0v) is 32.1. The molecule has 0 radical (unpaired) electrons. The standard InChI is InChI=1S/C33H56N2O25/c1-8(39)34-15-20(45)26(12(4-37)54-29(15)51)58-30-16(35-9(2)40)21(46)27(13(5-38)56-30)59-33-28(60-32-24(49)17(42)10(41)6-52-32)23(48)19(44)14(57-33)7-53-31-25(50)22(47)18(43)11(3-36)55-31/h10-33,36-38,41-51H,3-7H2,1-2H3,(H,34,39)(H,35,40)/t10-,11-,12-,13-,14-,15-,16-,17+,18-,19-,20-,21-,22+,23+,24-,25+,26-,27-,28+,29?,30+,31+,32+,33+/m1/s1. The van der Waals surface area contributed by atoms with Crippen molar-refractivity contribution >= 4 is 11.8 Å². The molecule has 16 N–H and O–H groups in total. The highest BCUT2D eigenvalue weighted by Gasteiger charge is 2.56. The summed E-state index contributed by atoms with van der Waals surface area (Å²) in [7, 11) is 0. The molecule has 0 aromatic rings. The highest BCUT2D eigenvalue weighted by molar-refractivity contribution is 5.73. The second-order valence-electron chi connectivity index (χ2n) is 15.0. The van der Waals surface area contributed by atoms with E-state index in [1.807, 2.05) is 0 Å². The van der Waals surface area contributed by atoms with E-state index < -0.39 is 192 Å². The smallest absolute Gasteiger partial charge is 0.217 e. The predicted molar refractivity (Wildman–Crippen MR) is 184 cm³/mol. The Bertz CT molecular complexity index is 1390. The van der Waals surface area contributed by atoms with Crippen molar-refractivity contribution in [3.05, 3.63) is 0 Å². The molecule has 27 nitrogen and oxygen atoms in total. The number of aliphatic hydroxyl groups excluding tert-OH is 14. The van der Waals surface area contributed by atoms with Gasteiger partial charge in [-0.1, -0.05) is 0 Å². The summed E-state index contributed by atoms with van der Waals surface area (Å²) in [6, 6.07) is -3.17. The fourth-order valence-electron chi connectivity index (χ4n) is 7.44. The van der Waals surface area contributed by atoms with Crippen molar-refractivity contribution in [1.82, 2.24) is 10.6 Å². The number of ether oxygens (including phenoxy) is 9. The van der Waals surface area contributed by atoms with Gasteiger partial charge >= 0.3 is 0 Å². The van der Waals surface area contributed by atoms with Crippen molar-refractivity contribution in [3.8, 4) is 0 Å². The van der Waals surface area contributed by atoms with Gasteiger partial charge in [-0.15, -0.1) is 0 Å². The third-order valence-corrected chi connectivity index (χ3v) is 10.7. The normalized spacial score (nSPS) is 48.9. The van der Waals surface area contributed by atoms with Gasteiger partial charge in [-0.3, -0.25) is 9.59 Å². The fraction of sp³-hybridized carbons (Fsp3) is 0.939.